The molecule has 0 spiro atoms. The summed E-state index contributed by atoms with van der Waals surface area (Å²) in [6.45, 7) is 9.49. The summed E-state index contributed by atoms with van der Waals surface area (Å²) in [6, 6.07) is 0.0247. The first-order valence-electron chi connectivity index (χ1n) is 5.98. The van der Waals surface area contributed by atoms with Gasteiger partial charge in [-0.25, -0.2) is 4.79 Å². The van der Waals surface area contributed by atoms with Gasteiger partial charge in [0, 0.05) is 19.5 Å². The minimum Gasteiger partial charge on any atom is -0.444 e. The lowest BCUT2D eigenvalue weighted by atomic mass is 10.1. The van der Waals surface area contributed by atoms with Crippen LogP contribution in [0.3, 0.4) is 0 Å². The zero-order valence-corrected chi connectivity index (χ0v) is 11.4. The molecule has 0 fully saturated rings. The highest BCUT2D eigenvalue weighted by atomic mass is 16.6. The number of ether oxygens (including phenoxy) is 1. The molecule has 1 atom stereocenters. The largest absolute Gasteiger partial charge is 0.444 e. The second-order valence-corrected chi connectivity index (χ2v) is 5.02. The minimum absolute atomic E-state index is 0.0247. The molecule has 0 aliphatic carbocycles. The lowest BCUT2D eigenvalue weighted by Crippen LogP contribution is -2.40. The van der Waals surface area contributed by atoms with E-state index in [0.717, 1.165) is 6.42 Å². The van der Waals surface area contributed by atoms with Crippen molar-refractivity contribution in [2.75, 3.05) is 6.54 Å². The van der Waals surface area contributed by atoms with E-state index in [1.54, 1.807) is 0 Å². The van der Waals surface area contributed by atoms with Crippen molar-refractivity contribution in [3.8, 4) is 0 Å². The van der Waals surface area contributed by atoms with Crippen molar-refractivity contribution in [2.24, 2.45) is 0 Å². The van der Waals surface area contributed by atoms with Crippen molar-refractivity contribution in [3.63, 3.8) is 0 Å². The molecule has 0 bridgehead atoms. The van der Waals surface area contributed by atoms with E-state index in [9.17, 15) is 9.59 Å². The van der Waals surface area contributed by atoms with Gasteiger partial charge in [-0.05, 0) is 33.6 Å². The lowest BCUT2D eigenvalue weighted by molar-refractivity contribution is -0.118. The van der Waals surface area contributed by atoms with Gasteiger partial charge in [0.1, 0.15) is 5.60 Å². The first-order chi connectivity index (χ1) is 7.74. The summed E-state index contributed by atoms with van der Waals surface area (Å²) in [7, 11) is 0. The highest BCUT2D eigenvalue weighted by molar-refractivity contribution is 5.72. The topological polar surface area (TPSA) is 67.4 Å². The Morgan fingerprint density at radius 3 is 2.29 bits per heavy atom. The van der Waals surface area contributed by atoms with Crippen LogP contribution in [-0.2, 0) is 9.53 Å². The van der Waals surface area contributed by atoms with Crippen LogP contribution in [0.4, 0.5) is 4.79 Å². The van der Waals surface area contributed by atoms with Crippen LogP contribution in [0.2, 0.25) is 0 Å². The van der Waals surface area contributed by atoms with Crippen LogP contribution in [0.25, 0.3) is 0 Å². The molecular weight excluding hydrogens is 220 g/mol. The van der Waals surface area contributed by atoms with E-state index >= 15 is 0 Å². The monoisotopic (exact) mass is 244 g/mol. The molecule has 5 heteroatoms. The van der Waals surface area contributed by atoms with Crippen LogP contribution in [0.5, 0.6) is 0 Å². The van der Waals surface area contributed by atoms with Gasteiger partial charge in [-0.3, -0.25) is 4.79 Å². The number of carbonyl (C=O) groups excluding carboxylic acids is 2. The third-order valence-corrected chi connectivity index (χ3v) is 2.08. The normalized spacial score (nSPS) is 12.8. The van der Waals surface area contributed by atoms with Crippen LogP contribution >= 0.6 is 0 Å². The SMILES string of the molecule is CCC(CCNC(C)=O)NC(=O)OC(C)(C)C. The van der Waals surface area contributed by atoms with Crippen molar-refractivity contribution in [1.29, 1.82) is 0 Å². The predicted octanol–water partition coefficient (Wildman–Crippen LogP) is 1.82. The number of hydrogen-bond donors (Lipinski definition) is 2. The van der Waals surface area contributed by atoms with E-state index in [1.165, 1.54) is 6.92 Å². The number of carbonyl (C=O) groups is 2. The first-order valence-corrected chi connectivity index (χ1v) is 5.98. The Morgan fingerprint density at radius 2 is 1.88 bits per heavy atom. The summed E-state index contributed by atoms with van der Waals surface area (Å²) in [4.78, 5) is 22.2. The van der Waals surface area contributed by atoms with Gasteiger partial charge in [0.2, 0.25) is 5.91 Å². The smallest absolute Gasteiger partial charge is 0.407 e. The number of alkyl carbamates (subject to hydrolysis) is 1. The number of amides is 2. The van der Waals surface area contributed by atoms with E-state index in [0.29, 0.717) is 13.0 Å². The van der Waals surface area contributed by atoms with Crippen molar-refractivity contribution >= 4 is 12.0 Å². The number of nitrogens with one attached hydrogen (secondary N) is 2. The molecule has 0 aromatic rings. The van der Waals surface area contributed by atoms with E-state index < -0.39 is 11.7 Å². The highest BCUT2D eigenvalue weighted by Crippen LogP contribution is 2.07. The number of hydrogen-bond acceptors (Lipinski definition) is 3. The Kier molecular flexibility index (Phi) is 6.61. The summed E-state index contributed by atoms with van der Waals surface area (Å²) in [6.07, 6.45) is 1.10. The van der Waals surface area contributed by atoms with Crippen LogP contribution in [0.15, 0.2) is 0 Å². The fourth-order valence-electron chi connectivity index (χ4n) is 1.28. The van der Waals surface area contributed by atoms with Crippen LogP contribution in [-0.4, -0.2) is 30.2 Å². The molecule has 0 aliphatic rings. The van der Waals surface area contributed by atoms with Gasteiger partial charge >= 0.3 is 6.09 Å². The Bertz CT molecular complexity index is 259. The van der Waals surface area contributed by atoms with Gasteiger partial charge in [0.25, 0.3) is 0 Å². The van der Waals surface area contributed by atoms with Crippen molar-refractivity contribution < 1.29 is 14.3 Å². The molecule has 0 aromatic carbocycles. The molecule has 0 aliphatic heterocycles. The Morgan fingerprint density at radius 1 is 1.29 bits per heavy atom. The van der Waals surface area contributed by atoms with E-state index in [-0.39, 0.29) is 11.9 Å². The molecular formula is C12H24N2O3. The highest BCUT2D eigenvalue weighted by Gasteiger charge is 2.18. The fourth-order valence-corrected chi connectivity index (χ4v) is 1.28. The molecule has 0 radical (unpaired) electrons. The first kappa shape index (κ1) is 15.7. The van der Waals surface area contributed by atoms with Gasteiger partial charge in [0.05, 0.1) is 0 Å². The van der Waals surface area contributed by atoms with E-state index in [1.807, 2.05) is 27.7 Å². The van der Waals surface area contributed by atoms with Crippen LogP contribution in [0.1, 0.15) is 47.5 Å². The zero-order valence-electron chi connectivity index (χ0n) is 11.4. The average molecular weight is 244 g/mol. The Labute approximate surface area is 103 Å². The van der Waals surface area contributed by atoms with E-state index in [2.05, 4.69) is 10.6 Å². The van der Waals surface area contributed by atoms with Crippen molar-refractivity contribution in [3.05, 3.63) is 0 Å². The van der Waals surface area contributed by atoms with Crippen molar-refractivity contribution in [2.45, 2.75) is 59.1 Å². The summed E-state index contributed by atoms with van der Waals surface area (Å²) in [5.74, 6) is -0.0582. The maximum atomic E-state index is 11.5. The summed E-state index contributed by atoms with van der Waals surface area (Å²) in [5.41, 5.74) is -0.486. The molecule has 0 heterocycles. The summed E-state index contributed by atoms with van der Waals surface area (Å²) >= 11 is 0. The molecule has 17 heavy (non-hydrogen) atoms. The Hall–Kier alpha value is -1.26. The zero-order chi connectivity index (χ0) is 13.5. The third kappa shape index (κ3) is 9.66. The molecule has 0 saturated carbocycles. The van der Waals surface area contributed by atoms with Crippen LogP contribution < -0.4 is 10.6 Å². The molecule has 2 N–H and O–H groups in total. The third-order valence-electron chi connectivity index (χ3n) is 2.08. The molecule has 100 valence electrons. The van der Waals surface area contributed by atoms with E-state index in [4.69, 9.17) is 4.74 Å². The Balaban J connectivity index is 3.95. The summed E-state index contributed by atoms with van der Waals surface area (Å²) < 4.78 is 5.16. The fraction of sp³-hybridized carbons (Fsp3) is 0.833. The van der Waals surface area contributed by atoms with Gasteiger partial charge in [-0.2, -0.15) is 0 Å². The maximum Gasteiger partial charge on any atom is 0.407 e. The minimum atomic E-state index is -0.486. The quantitative estimate of drug-likeness (QED) is 0.775. The second kappa shape index (κ2) is 7.14. The molecule has 0 rings (SSSR count). The van der Waals surface area contributed by atoms with Gasteiger partial charge in [0.15, 0.2) is 0 Å². The number of rotatable bonds is 5. The standard InChI is InChI=1S/C12H24N2O3/c1-6-10(7-8-13-9(2)15)14-11(16)17-12(3,4)5/h10H,6-8H2,1-5H3,(H,13,15)(H,14,16). The molecule has 5 nitrogen and oxygen atoms in total. The van der Waals surface area contributed by atoms with Gasteiger partial charge < -0.3 is 15.4 Å². The maximum absolute atomic E-state index is 11.5. The molecule has 1 unspecified atom stereocenters. The summed E-state index contributed by atoms with van der Waals surface area (Å²) in [5, 5.41) is 5.49. The van der Waals surface area contributed by atoms with Crippen LogP contribution in [0, 0.1) is 0 Å². The molecule has 0 aromatic heterocycles. The average Bonchev–Trinajstić information content (AvgIpc) is 2.12. The predicted molar refractivity (Wildman–Crippen MR) is 66.7 cm³/mol. The van der Waals surface area contributed by atoms with Gasteiger partial charge in [-0.1, -0.05) is 6.92 Å². The molecule has 2 amide bonds. The van der Waals surface area contributed by atoms with Crippen molar-refractivity contribution in [1.82, 2.24) is 10.6 Å². The van der Waals surface area contributed by atoms with Gasteiger partial charge in [-0.15, -0.1) is 0 Å². The second-order valence-electron chi connectivity index (χ2n) is 5.02. The lowest BCUT2D eigenvalue weighted by Gasteiger charge is -2.23. The molecule has 0 saturated heterocycles.